The fourth-order valence-corrected chi connectivity index (χ4v) is 4.64. The lowest BCUT2D eigenvalue weighted by Gasteiger charge is -2.20. The molecule has 0 fully saturated rings. The van der Waals surface area contributed by atoms with Crippen LogP contribution in [0, 0.1) is 11.3 Å². The topological polar surface area (TPSA) is 113 Å². The van der Waals surface area contributed by atoms with Gasteiger partial charge in [0.05, 0.1) is 17.3 Å². The Kier molecular flexibility index (Phi) is 5.85. The van der Waals surface area contributed by atoms with E-state index in [4.69, 9.17) is 4.98 Å². The highest BCUT2D eigenvalue weighted by molar-refractivity contribution is 5.77. The van der Waals surface area contributed by atoms with E-state index in [1.807, 2.05) is 36.7 Å². The van der Waals surface area contributed by atoms with E-state index in [0.717, 1.165) is 41.2 Å². The molecule has 36 heavy (non-hydrogen) atoms. The molecule has 2 N–H and O–H groups in total. The maximum atomic E-state index is 13.3. The average Bonchev–Trinajstić information content (AvgIpc) is 3.15. The lowest BCUT2D eigenvalue weighted by Crippen LogP contribution is -2.24. The van der Waals surface area contributed by atoms with Gasteiger partial charge in [-0.3, -0.25) is 9.78 Å². The van der Waals surface area contributed by atoms with E-state index in [1.165, 1.54) is 0 Å². The third-order valence-electron chi connectivity index (χ3n) is 6.46. The van der Waals surface area contributed by atoms with Gasteiger partial charge in [0.15, 0.2) is 5.65 Å². The summed E-state index contributed by atoms with van der Waals surface area (Å²) in [6, 6.07) is 9.98. The van der Waals surface area contributed by atoms with Crippen molar-refractivity contribution in [2.24, 2.45) is 0 Å². The van der Waals surface area contributed by atoms with Crippen molar-refractivity contribution in [3.8, 4) is 11.8 Å². The van der Waals surface area contributed by atoms with Crippen molar-refractivity contribution >= 4 is 22.7 Å². The molecule has 184 valence electrons. The average molecular weight is 483 g/mol. The van der Waals surface area contributed by atoms with Crippen LogP contribution in [0.4, 0.5) is 11.6 Å². The standard InChI is InChI=1S/C27H30N8O/c1-16(2)34-25(36)22-15-31-26(32-19-10-17-6-8-29-14-21(17)18(11-19)13-28)33-24(22)35(34)20-7-9-30-23(12-20)27(3,4)5/h7,9-12,15-16,29H,6,8,14H2,1-5H3,(H,31,32,33). The first-order valence-corrected chi connectivity index (χ1v) is 12.2. The predicted octanol–water partition coefficient (Wildman–Crippen LogP) is 4.12. The summed E-state index contributed by atoms with van der Waals surface area (Å²) in [6.45, 7) is 11.8. The first-order chi connectivity index (χ1) is 17.2. The van der Waals surface area contributed by atoms with Crippen LogP contribution in [0.5, 0.6) is 0 Å². The van der Waals surface area contributed by atoms with Gasteiger partial charge in [-0.2, -0.15) is 10.2 Å². The van der Waals surface area contributed by atoms with Crippen LogP contribution in [0.15, 0.2) is 41.5 Å². The number of fused-ring (bicyclic) bond motifs is 2. The van der Waals surface area contributed by atoms with Gasteiger partial charge in [-0.05, 0) is 62.2 Å². The zero-order valence-corrected chi connectivity index (χ0v) is 21.3. The van der Waals surface area contributed by atoms with Crippen molar-refractivity contribution in [1.29, 1.82) is 5.26 Å². The minimum atomic E-state index is -0.149. The van der Waals surface area contributed by atoms with E-state index < -0.39 is 0 Å². The maximum absolute atomic E-state index is 13.3. The molecule has 1 aromatic carbocycles. The number of benzene rings is 1. The van der Waals surface area contributed by atoms with Crippen molar-refractivity contribution in [3.63, 3.8) is 0 Å². The molecule has 3 aromatic heterocycles. The van der Waals surface area contributed by atoms with Gasteiger partial charge < -0.3 is 10.6 Å². The Morgan fingerprint density at radius 2 is 2.00 bits per heavy atom. The van der Waals surface area contributed by atoms with Gasteiger partial charge in [-0.15, -0.1) is 0 Å². The summed E-state index contributed by atoms with van der Waals surface area (Å²) < 4.78 is 3.55. The first-order valence-electron chi connectivity index (χ1n) is 12.2. The Bertz CT molecular complexity index is 1570. The van der Waals surface area contributed by atoms with Crippen molar-refractivity contribution in [2.45, 2.75) is 59.0 Å². The molecule has 0 atom stereocenters. The van der Waals surface area contributed by atoms with Gasteiger partial charge in [0, 0.05) is 41.8 Å². The van der Waals surface area contributed by atoms with Gasteiger partial charge in [-0.25, -0.2) is 14.3 Å². The Morgan fingerprint density at radius 3 is 2.72 bits per heavy atom. The lowest BCUT2D eigenvalue weighted by atomic mass is 9.91. The van der Waals surface area contributed by atoms with Crippen LogP contribution in [0.3, 0.4) is 0 Å². The maximum Gasteiger partial charge on any atom is 0.278 e. The zero-order valence-electron chi connectivity index (χ0n) is 21.3. The molecular weight excluding hydrogens is 452 g/mol. The second-order valence-corrected chi connectivity index (χ2v) is 10.5. The Labute approximate surface area is 209 Å². The molecule has 9 heteroatoms. The van der Waals surface area contributed by atoms with E-state index >= 15 is 0 Å². The second kappa shape index (κ2) is 8.88. The normalized spacial score (nSPS) is 13.6. The number of hydrogen-bond acceptors (Lipinski definition) is 7. The Hall–Kier alpha value is -4.03. The number of nitrogens with zero attached hydrogens (tertiary/aromatic N) is 6. The van der Waals surface area contributed by atoms with E-state index in [0.29, 0.717) is 29.1 Å². The number of hydrogen-bond donors (Lipinski definition) is 2. The molecule has 0 unspecified atom stereocenters. The predicted molar refractivity (Wildman–Crippen MR) is 140 cm³/mol. The van der Waals surface area contributed by atoms with Crippen molar-refractivity contribution in [1.82, 2.24) is 29.6 Å². The molecule has 5 rings (SSSR count). The van der Waals surface area contributed by atoms with Crippen LogP contribution in [-0.2, 0) is 18.4 Å². The molecule has 0 radical (unpaired) electrons. The number of pyridine rings is 1. The molecule has 4 heterocycles. The molecule has 0 aliphatic carbocycles. The largest absolute Gasteiger partial charge is 0.324 e. The van der Waals surface area contributed by atoms with Crippen LogP contribution in [0.1, 0.15) is 63.0 Å². The molecule has 0 saturated heterocycles. The van der Waals surface area contributed by atoms with Crippen LogP contribution < -0.4 is 16.2 Å². The summed E-state index contributed by atoms with van der Waals surface area (Å²) in [5.74, 6) is 0.361. The number of nitrogens with one attached hydrogen (secondary N) is 2. The van der Waals surface area contributed by atoms with Gasteiger partial charge >= 0.3 is 0 Å². The summed E-state index contributed by atoms with van der Waals surface area (Å²) in [5, 5.41) is 16.7. The molecule has 1 aliphatic heterocycles. The highest BCUT2D eigenvalue weighted by Crippen LogP contribution is 2.27. The lowest BCUT2D eigenvalue weighted by molar-refractivity contribution is 0.474. The van der Waals surface area contributed by atoms with E-state index in [-0.39, 0.29) is 17.0 Å². The minimum Gasteiger partial charge on any atom is -0.324 e. The summed E-state index contributed by atoms with van der Waals surface area (Å²) in [6.07, 6.45) is 4.19. The third-order valence-corrected chi connectivity index (χ3v) is 6.46. The quantitative estimate of drug-likeness (QED) is 0.450. The summed E-state index contributed by atoms with van der Waals surface area (Å²) >= 11 is 0. The fraction of sp³-hybridized carbons (Fsp3) is 0.370. The van der Waals surface area contributed by atoms with Crippen molar-refractivity contribution in [2.75, 3.05) is 11.9 Å². The monoisotopic (exact) mass is 482 g/mol. The van der Waals surface area contributed by atoms with Crippen LogP contribution in [-0.4, -0.2) is 30.9 Å². The molecule has 1 aliphatic rings. The summed E-state index contributed by atoms with van der Waals surface area (Å²) in [4.78, 5) is 27.1. The number of anilines is 2. The highest BCUT2D eigenvalue weighted by Gasteiger charge is 2.22. The van der Waals surface area contributed by atoms with Gasteiger partial charge in [-0.1, -0.05) is 20.8 Å². The van der Waals surface area contributed by atoms with Crippen molar-refractivity contribution in [3.05, 3.63) is 69.4 Å². The Morgan fingerprint density at radius 1 is 1.19 bits per heavy atom. The molecular formula is C27H30N8O. The number of rotatable bonds is 4. The fourth-order valence-electron chi connectivity index (χ4n) is 4.64. The molecule has 0 saturated carbocycles. The highest BCUT2D eigenvalue weighted by atomic mass is 16.1. The van der Waals surface area contributed by atoms with E-state index in [2.05, 4.69) is 53.5 Å². The number of nitriles is 1. The van der Waals surface area contributed by atoms with Crippen LogP contribution in [0.2, 0.25) is 0 Å². The van der Waals surface area contributed by atoms with Gasteiger partial charge in [0.25, 0.3) is 5.56 Å². The minimum absolute atomic E-state index is 0.0956. The van der Waals surface area contributed by atoms with Crippen molar-refractivity contribution < 1.29 is 0 Å². The molecule has 0 amide bonds. The van der Waals surface area contributed by atoms with Gasteiger partial charge in [0.2, 0.25) is 5.95 Å². The second-order valence-electron chi connectivity index (χ2n) is 10.5. The van der Waals surface area contributed by atoms with E-state index in [1.54, 1.807) is 17.1 Å². The van der Waals surface area contributed by atoms with E-state index in [9.17, 15) is 10.1 Å². The molecule has 9 nitrogen and oxygen atoms in total. The van der Waals surface area contributed by atoms with Crippen LogP contribution >= 0.6 is 0 Å². The zero-order chi connectivity index (χ0) is 25.6. The SMILES string of the molecule is CC(C)n1c(=O)c2cnc(Nc3cc(C#N)c4c(c3)CCNC4)nc2n1-c1ccnc(C(C)(C)C)c1. The summed E-state index contributed by atoms with van der Waals surface area (Å²) in [5.41, 5.74) is 5.53. The molecule has 0 bridgehead atoms. The smallest absolute Gasteiger partial charge is 0.278 e. The van der Waals surface area contributed by atoms with Gasteiger partial charge in [0.1, 0.15) is 5.39 Å². The van der Waals surface area contributed by atoms with Crippen LogP contribution in [0.25, 0.3) is 16.7 Å². The third kappa shape index (κ3) is 4.14. The number of aromatic nitrogens is 5. The molecule has 4 aromatic rings. The molecule has 0 spiro atoms. The summed E-state index contributed by atoms with van der Waals surface area (Å²) in [7, 11) is 0. The Balaban J connectivity index is 1.65. The first kappa shape index (κ1) is 23.7.